The Hall–Kier alpha value is -2.88. The standard InChI is InChI=1S/C20H24F3N5O2/c1-11(2)16(13-7-5-12(6-8-13)9-20(21,22)23)28-17-15(14(10-29)26-28)18(30)25-19(24-17)27(3)4/h5-8,11,16,29H,9-10H2,1-4H3,(H,24,25,30)/t16-/m0/s1. The number of fused-ring (bicyclic) bond motifs is 1. The van der Waals surface area contributed by atoms with Crippen molar-refractivity contribution in [1.82, 2.24) is 19.7 Å². The number of anilines is 1. The molecule has 0 fully saturated rings. The monoisotopic (exact) mass is 423 g/mol. The second-order valence-corrected chi connectivity index (χ2v) is 7.75. The summed E-state index contributed by atoms with van der Waals surface area (Å²) < 4.78 is 39.6. The van der Waals surface area contributed by atoms with Crippen molar-refractivity contribution in [3.05, 3.63) is 51.4 Å². The minimum Gasteiger partial charge on any atom is -0.390 e. The Morgan fingerprint density at radius 2 is 1.83 bits per heavy atom. The van der Waals surface area contributed by atoms with Crippen LogP contribution in [0.2, 0.25) is 0 Å². The van der Waals surface area contributed by atoms with Crippen LogP contribution in [0.25, 0.3) is 11.0 Å². The number of alkyl halides is 3. The highest BCUT2D eigenvalue weighted by Crippen LogP contribution is 2.31. The highest BCUT2D eigenvalue weighted by molar-refractivity contribution is 5.78. The van der Waals surface area contributed by atoms with Gasteiger partial charge in [0.1, 0.15) is 11.1 Å². The zero-order valence-electron chi connectivity index (χ0n) is 17.2. The van der Waals surface area contributed by atoms with Gasteiger partial charge in [-0.3, -0.25) is 9.78 Å². The normalized spacial score (nSPS) is 13.2. The van der Waals surface area contributed by atoms with E-state index in [9.17, 15) is 23.1 Å². The number of halogens is 3. The molecule has 0 saturated heterocycles. The predicted molar refractivity (Wildman–Crippen MR) is 108 cm³/mol. The van der Waals surface area contributed by atoms with Crippen molar-refractivity contribution in [2.75, 3.05) is 19.0 Å². The van der Waals surface area contributed by atoms with E-state index in [1.165, 1.54) is 12.1 Å². The fourth-order valence-corrected chi connectivity index (χ4v) is 3.49. The van der Waals surface area contributed by atoms with Gasteiger partial charge in [0.15, 0.2) is 5.65 Å². The van der Waals surface area contributed by atoms with E-state index in [0.717, 1.165) is 5.56 Å². The SMILES string of the molecule is CC(C)[C@@H](c1ccc(CC(F)(F)F)cc1)n1nc(CO)c2c(=O)[nH]c(N(C)C)nc21. The van der Waals surface area contributed by atoms with Crippen molar-refractivity contribution in [1.29, 1.82) is 0 Å². The number of aromatic nitrogens is 4. The highest BCUT2D eigenvalue weighted by atomic mass is 19.4. The van der Waals surface area contributed by atoms with Crippen molar-refractivity contribution < 1.29 is 18.3 Å². The Morgan fingerprint density at radius 1 is 1.20 bits per heavy atom. The molecule has 3 rings (SSSR count). The van der Waals surface area contributed by atoms with Gasteiger partial charge in [-0.2, -0.15) is 23.3 Å². The van der Waals surface area contributed by atoms with E-state index >= 15 is 0 Å². The molecule has 0 aliphatic rings. The molecule has 162 valence electrons. The molecule has 7 nitrogen and oxygen atoms in total. The molecule has 0 bridgehead atoms. The summed E-state index contributed by atoms with van der Waals surface area (Å²) >= 11 is 0. The molecule has 0 aliphatic heterocycles. The van der Waals surface area contributed by atoms with Crippen LogP contribution in [0.3, 0.4) is 0 Å². The smallest absolute Gasteiger partial charge is 0.390 e. The number of hydrogen-bond acceptors (Lipinski definition) is 5. The number of H-pyrrole nitrogens is 1. The molecule has 30 heavy (non-hydrogen) atoms. The molecule has 0 amide bonds. The summed E-state index contributed by atoms with van der Waals surface area (Å²) in [5.41, 5.74) is 0.993. The molecule has 1 atom stereocenters. The maximum absolute atomic E-state index is 12.7. The lowest BCUT2D eigenvalue weighted by Crippen LogP contribution is -2.22. The third kappa shape index (κ3) is 4.33. The van der Waals surface area contributed by atoms with E-state index in [4.69, 9.17) is 0 Å². The van der Waals surface area contributed by atoms with Crippen molar-refractivity contribution in [2.45, 2.75) is 39.1 Å². The maximum Gasteiger partial charge on any atom is 0.393 e. The van der Waals surface area contributed by atoms with Gasteiger partial charge in [0.25, 0.3) is 5.56 Å². The topological polar surface area (TPSA) is 87.0 Å². The Balaban J connectivity index is 2.16. The van der Waals surface area contributed by atoms with Crippen molar-refractivity contribution >= 4 is 17.0 Å². The lowest BCUT2D eigenvalue weighted by atomic mass is 9.95. The first-order valence-electron chi connectivity index (χ1n) is 9.47. The van der Waals surface area contributed by atoms with E-state index in [0.29, 0.717) is 11.6 Å². The van der Waals surface area contributed by atoms with Gasteiger partial charge < -0.3 is 10.0 Å². The zero-order chi connectivity index (χ0) is 22.2. The van der Waals surface area contributed by atoms with Gasteiger partial charge >= 0.3 is 6.18 Å². The van der Waals surface area contributed by atoms with Gasteiger partial charge in [-0.25, -0.2) is 4.68 Å². The van der Waals surface area contributed by atoms with Crippen LogP contribution >= 0.6 is 0 Å². The first kappa shape index (κ1) is 21.8. The van der Waals surface area contributed by atoms with E-state index in [1.54, 1.807) is 35.8 Å². The minimum absolute atomic E-state index is 0.0167. The fraction of sp³-hybridized carbons (Fsp3) is 0.450. The lowest BCUT2D eigenvalue weighted by molar-refractivity contribution is -0.127. The zero-order valence-corrected chi connectivity index (χ0v) is 17.2. The van der Waals surface area contributed by atoms with Crippen LogP contribution < -0.4 is 10.5 Å². The Kier molecular flexibility index (Phi) is 5.89. The number of aromatic amines is 1. The highest BCUT2D eigenvalue weighted by Gasteiger charge is 2.29. The lowest BCUT2D eigenvalue weighted by Gasteiger charge is -2.23. The second-order valence-electron chi connectivity index (χ2n) is 7.75. The van der Waals surface area contributed by atoms with Gasteiger partial charge in [-0.15, -0.1) is 0 Å². The molecule has 0 spiro atoms. The maximum atomic E-state index is 12.7. The number of nitrogens with one attached hydrogen (secondary N) is 1. The number of nitrogens with zero attached hydrogens (tertiary/aromatic N) is 4. The van der Waals surface area contributed by atoms with Crippen LogP contribution in [0.1, 0.15) is 36.7 Å². The number of rotatable bonds is 6. The molecular formula is C20H24F3N5O2. The molecule has 3 aromatic rings. The van der Waals surface area contributed by atoms with Crippen LogP contribution in [0.5, 0.6) is 0 Å². The molecule has 0 radical (unpaired) electrons. The molecule has 0 aliphatic carbocycles. The van der Waals surface area contributed by atoms with Crippen molar-refractivity contribution in [2.24, 2.45) is 5.92 Å². The van der Waals surface area contributed by atoms with E-state index in [1.807, 2.05) is 13.8 Å². The van der Waals surface area contributed by atoms with Gasteiger partial charge in [-0.1, -0.05) is 38.1 Å². The van der Waals surface area contributed by atoms with Gasteiger partial charge in [0, 0.05) is 14.1 Å². The Morgan fingerprint density at radius 3 is 2.33 bits per heavy atom. The predicted octanol–water partition coefficient (Wildman–Crippen LogP) is 3.03. The number of benzene rings is 1. The van der Waals surface area contributed by atoms with Crippen molar-refractivity contribution in [3.8, 4) is 0 Å². The van der Waals surface area contributed by atoms with Gasteiger partial charge in [-0.05, 0) is 17.0 Å². The molecule has 10 heteroatoms. The molecule has 0 saturated carbocycles. The number of aliphatic hydroxyl groups is 1. The molecule has 1 aromatic carbocycles. The first-order valence-corrected chi connectivity index (χ1v) is 9.47. The van der Waals surface area contributed by atoms with Crippen LogP contribution in [0.4, 0.5) is 19.1 Å². The summed E-state index contributed by atoms with van der Waals surface area (Å²) in [5, 5.41) is 14.3. The van der Waals surface area contributed by atoms with Crippen LogP contribution in [0.15, 0.2) is 29.1 Å². The summed E-state index contributed by atoms with van der Waals surface area (Å²) in [7, 11) is 3.47. The van der Waals surface area contributed by atoms with Crippen LogP contribution in [0, 0.1) is 5.92 Å². The quantitative estimate of drug-likeness (QED) is 0.637. The van der Waals surface area contributed by atoms with Crippen LogP contribution in [-0.2, 0) is 13.0 Å². The van der Waals surface area contributed by atoms with E-state index < -0.39 is 30.8 Å². The molecular weight excluding hydrogens is 399 g/mol. The van der Waals surface area contributed by atoms with Gasteiger partial charge in [0.05, 0.1) is 19.1 Å². The average molecular weight is 423 g/mol. The molecule has 2 heterocycles. The number of hydrogen-bond donors (Lipinski definition) is 2. The summed E-state index contributed by atoms with van der Waals surface area (Å²) in [6, 6.07) is 5.78. The van der Waals surface area contributed by atoms with Crippen LogP contribution in [-0.4, -0.2) is 45.1 Å². The summed E-state index contributed by atoms with van der Waals surface area (Å²) in [6.07, 6.45) is -5.27. The molecule has 2 N–H and O–H groups in total. The Labute approximate surface area is 171 Å². The third-order valence-corrected chi connectivity index (χ3v) is 4.82. The molecule has 2 aromatic heterocycles. The summed E-state index contributed by atoms with van der Waals surface area (Å²) in [5.74, 6) is 0.318. The fourth-order valence-electron chi connectivity index (χ4n) is 3.49. The van der Waals surface area contributed by atoms with E-state index in [2.05, 4.69) is 15.1 Å². The third-order valence-electron chi connectivity index (χ3n) is 4.82. The molecule has 0 unspecified atom stereocenters. The summed E-state index contributed by atoms with van der Waals surface area (Å²) in [6.45, 7) is 3.45. The largest absolute Gasteiger partial charge is 0.393 e. The minimum atomic E-state index is -4.28. The second kappa shape index (κ2) is 8.10. The average Bonchev–Trinajstić information content (AvgIpc) is 3.01. The van der Waals surface area contributed by atoms with Crippen molar-refractivity contribution in [3.63, 3.8) is 0 Å². The van der Waals surface area contributed by atoms with E-state index in [-0.39, 0.29) is 22.6 Å². The Bertz CT molecular complexity index is 1080. The summed E-state index contributed by atoms with van der Waals surface area (Å²) in [4.78, 5) is 21.4. The van der Waals surface area contributed by atoms with Gasteiger partial charge in [0.2, 0.25) is 5.95 Å². The number of aliphatic hydroxyl groups excluding tert-OH is 1. The first-order chi connectivity index (χ1) is 14.0.